The molecule has 17 heavy (non-hydrogen) atoms. The van der Waals surface area contributed by atoms with Gasteiger partial charge < -0.3 is 20.8 Å². The van der Waals surface area contributed by atoms with Crippen LogP contribution in [0.25, 0.3) is 0 Å². The summed E-state index contributed by atoms with van der Waals surface area (Å²) in [4.78, 5) is 10.8. The summed E-state index contributed by atoms with van der Waals surface area (Å²) in [7, 11) is 1.89. The number of hydrogen-bond acceptors (Lipinski definition) is 4. The van der Waals surface area contributed by atoms with Crippen molar-refractivity contribution in [3.63, 3.8) is 0 Å². The highest BCUT2D eigenvalue weighted by Crippen LogP contribution is 2.18. The molecule has 0 aromatic heterocycles. The molecule has 0 aliphatic rings. The molecule has 0 aliphatic carbocycles. The van der Waals surface area contributed by atoms with Gasteiger partial charge >= 0.3 is 5.97 Å². The highest BCUT2D eigenvalue weighted by atomic mass is 16.4. The first-order valence-corrected chi connectivity index (χ1v) is 5.55. The number of rotatable bonds is 7. The van der Waals surface area contributed by atoms with Gasteiger partial charge in [0.1, 0.15) is 5.75 Å². The number of hydrogen-bond donors (Lipinski definition) is 4. The monoisotopic (exact) mass is 238 g/mol. The number of carboxylic acids is 1. The van der Waals surface area contributed by atoms with Gasteiger partial charge in [0, 0.05) is 12.1 Å². The average molecular weight is 238 g/mol. The van der Waals surface area contributed by atoms with Gasteiger partial charge in [0.2, 0.25) is 0 Å². The molecule has 5 heteroatoms. The highest BCUT2D eigenvalue weighted by molar-refractivity contribution is 5.88. The van der Waals surface area contributed by atoms with Crippen LogP contribution in [0.5, 0.6) is 5.75 Å². The van der Waals surface area contributed by atoms with Gasteiger partial charge in [-0.05, 0) is 44.8 Å². The second-order valence-corrected chi connectivity index (χ2v) is 3.78. The van der Waals surface area contributed by atoms with Gasteiger partial charge in [-0.2, -0.15) is 0 Å². The molecule has 1 aromatic carbocycles. The Balaban J connectivity index is 2.51. The number of carboxylic acid groups (broad SMARTS) is 1. The Morgan fingerprint density at radius 3 is 2.76 bits per heavy atom. The molecule has 0 atom stereocenters. The molecule has 1 aromatic rings. The van der Waals surface area contributed by atoms with Gasteiger partial charge in [0.15, 0.2) is 0 Å². The number of carbonyl (C=O) groups is 1. The predicted molar refractivity (Wildman–Crippen MR) is 65.3 cm³/mol. The van der Waals surface area contributed by atoms with E-state index in [2.05, 4.69) is 10.6 Å². The Morgan fingerprint density at radius 2 is 2.12 bits per heavy atom. The van der Waals surface area contributed by atoms with Crippen molar-refractivity contribution in [2.75, 3.05) is 20.1 Å². The summed E-state index contributed by atoms with van der Waals surface area (Å²) in [6.07, 6.45) is 0.982. The molecule has 0 unspecified atom stereocenters. The van der Waals surface area contributed by atoms with E-state index in [4.69, 9.17) is 5.11 Å². The van der Waals surface area contributed by atoms with E-state index in [1.165, 1.54) is 18.2 Å². The van der Waals surface area contributed by atoms with Crippen LogP contribution in [0.1, 0.15) is 22.3 Å². The number of phenolic OH excluding ortho intramolecular Hbond substituents is 1. The molecular formula is C12H18N2O3. The first-order valence-electron chi connectivity index (χ1n) is 5.55. The fraction of sp³-hybridized carbons (Fsp3) is 0.417. The second-order valence-electron chi connectivity index (χ2n) is 3.78. The van der Waals surface area contributed by atoms with E-state index in [1.807, 2.05) is 7.05 Å². The zero-order valence-corrected chi connectivity index (χ0v) is 9.86. The molecular weight excluding hydrogens is 220 g/mol. The van der Waals surface area contributed by atoms with Crippen LogP contribution in [-0.2, 0) is 6.54 Å². The maximum atomic E-state index is 10.8. The maximum absolute atomic E-state index is 10.8. The second kappa shape index (κ2) is 6.88. The summed E-state index contributed by atoms with van der Waals surface area (Å²) in [5, 5.41) is 24.6. The van der Waals surface area contributed by atoms with E-state index < -0.39 is 5.97 Å². The van der Waals surface area contributed by atoms with Crippen LogP contribution >= 0.6 is 0 Å². The van der Waals surface area contributed by atoms with E-state index in [9.17, 15) is 9.90 Å². The van der Waals surface area contributed by atoms with Crippen molar-refractivity contribution in [1.29, 1.82) is 0 Å². The third-order valence-corrected chi connectivity index (χ3v) is 2.42. The highest BCUT2D eigenvalue weighted by Gasteiger charge is 2.07. The normalized spacial score (nSPS) is 10.4. The number of benzene rings is 1. The van der Waals surface area contributed by atoms with Crippen LogP contribution in [0.15, 0.2) is 18.2 Å². The summed E-state index contributed by atoms with van der Waals surface area (Å²) in [5.74, 6) is -0.863. The number of nitrogens with one attached hydrogen (secondary N) is 2. The zero-order chi connectivity index (χ0) is 12.7. The van der Waals surface area contributed by atoms with E-state index in [0.29, 0.717) is 12.1 Å². The summed E-state index contributed by atoms with van der Waals surface area (Å²) >= 11 is 0. The van der Waals surface area contributed by atoms with Gasteiger partial charge in [-0.15, -0.1) is 0 Å². The minimum absolute atomic E-state index is 0.121. The minimum Gasteiger partial charge on any atom is -0.508 e. The summed E-state index contributed by atoms with van der Waals surface area (Å²) in [6, 6.07) is 4.29. The lowest BCUT2D eigenvalue weighted by Crippen LogP contribution is -2.19. The van der Waals surface area contributed by atoms with Crippen molar-refractivity contribution in [3.8, 4) is 5.75 Å². The van der Waals surface area contributed by atoms with Crippen LogP contribution in [-0.4, -0.2) is 36.3 Å². The van der Waals surface area contributed by atoms with Crippen LogP contribution in [0.2, 0.25) is 0 Å². The molecule has 0 bridgehead atoms. The Hall–Kier alpha value is -1.59. The number of aromatic carboxylic acids is 1. The molecule has 0 heterocycles. The van der Waals surface area contributed by atoms with Crippen molar-refractivity contribution in [2.24, 2.45) is 0 Å². The average Bonchev–Trinajstić information content (AvgIpc) is 2.30. The fourth-order valence-electron chi connectivity index (χ4n) is 1.47. The first-order chi connectivity index (χ1) is 8.15. The van der Waals surface area contributed by atoms with Gasteiger partial charge in [-0.1, -0.05) is 0 Å². The lowest BCUT2D eigenvalue weighted by Gasteiger charge is -2.07. The quantitative estimate of drug-likeness (QED) is 0.528. The molecule has 0 aliphatic heterocycles. The maximum Gasteiger partial charge on any atom is 0.335 e. The Kier molecular flexibility index (Phi) is 5.45. The van der Waals surface area contributed by atoms with Crippen molar-refractivity contribution in [2.45, 2.75) is 13.0 Å². The largest absolute Gasteiger partial charge is 0.508 e. The molecule has 94 valence electrons. The van der Waals surface area contributed by atoms with Gasteiger partial charge in [-0.25, -0.2) is 4.79 Å². The molecule has 0 spiro atoms. The van der Waals surface area contributed by atoms with Gasteiger partial charge in [0.05, 0.1) is 5.56 Å². The minimum atomic E-state index is -0.985. The fourth-order valence-corrected chi connectivity index (χ4v) is 1.47. The molecule has 0 fully saturated rings. The third-order valence-electron chi connectivity index (χ3n) is 2.42. The van der Waals surface area contributed by atoms with E-state index in [1.54, 1.807) is 0 Å². The SMILES string of the molecule is CNCCCNCc1cc(C(=O)O)ccc1O. The molecule has 4 N–H and O–H groups in total. The Bertz CT molecular complexity index is 380. The van der Waals surface area contributed by atoms with Crippen LogP contribution in [0.3, 0.4) is 0 Å². The van der Waals surface area contributed by atoms with Crippen molar-refractivity contribution < 1.29 is 15.0 Å². The topological polar surface area (TPSA) is 81.6 Å². The van der Waals surface area contributed by atoms with Crippen LogP contribution < -0.4 is 10.6 Å². The lowest BCUT2D eigenvalue weighted by molar-refractivity contribution is 0.0696. The molecule has 1 rings (SSSR count). The molecule has 5 nitrogen and oxygen atoms in total. The Morgan fingerprint density at radius 1 is 1.35 bits per heavy atom. The number of aromatic hydroxyl groups is 1. The Labute approximate surface area is 100 Å². The van der Waals surface area contributed by atoms with Crippen molar-refractivity contribution >= 4 is 5.97 Å². The van der Waals surface area contributed by atoms with E-state index in [0.717, 1.165) is 19.5 Å². The van der Waals surface area contributed by atoms with Gasteiger partial charge in [-0.3, -0.25) is 0 Å². The predicted octanol–water partition coefficient (Wildman–Crippen LogP) is 0.789. The molecule has 0 amide bonds. The molecule has 0 radical (unpaired) electrons. The van der Waals surface area contributed by atoms with E-state index in [-0.39, 0.29) is 11.3 Å². The van der Waals surface area contributed by atoms with Crippen molar-refractivity contribution in [3.05, 3.63) is 29.3 Å². The summed E-state index contributed by atoms with van der Waals surface area (Å²) in [5.41, 5.74) is 0.796. The smallest absolute Gasteiger partial charge is 0.335 e. The number of phenols is 1. The van der Waals surface area contributed by atoms with Crippen molar-refractivity contribution in [1.82, 2.24) is 10.6 Å². The molecule has 0 saturated carbocycles. The first kappa shape index (κ1) is 13.5. The van der Waals surface area contributed by atoms with E-state index >= 15 is 0 Å². The standard InChI is InChI=1S/C12H18N2O3/c1-13-5-2-6-14-8-10-7-9(12(16)17)3-4-11(10)15/h3-4,7,13-15H,2,5-6,8H2,1H3,(H,16,17). The van der Waals surface area contributed by atoms with Crippen LogP contribution in [0, 0.1) is 0 Å². The van der Waals surface area contributed by atoms with Gasteiger partial charge in [0.25, 0.3) is 0 Å². The summed E-state index contributed by atoms with van der Waals surface area (Å²) < 4.78 is 0. The third kappa shape index (κ3) is 4.42. The lowest BCUT2D eigenvalue weighted by atomic mass is 10.1. The zero-order valence-electron chi connectivity index (χ0n) is 9.86. The summed E-state index contributed by atoms with van der Waals surface area (Å²) in [6.45, 7) is 2.21. The van der Waals surface area contributed by atoms with Crippen LogP contribution in [0.4, 0.5) is 0 Å². The molecule has 0 saturated heterocycles.